The van der Waals surface area contributed by atoms with Crippen molar-refractivity contribution < 1.29 is 8.42 Å². The van der Waals surface area contributed by atoms with Gasteiger partial charge in [0.15, 0.2) is 5.25 Å². The molecule has 1 atom stereocenters. The first kappa shape index (κ1) is 20.4. The minimum absolute atomic E-state index is 0.250. The van der Waals surface area contributed by atoms with E-state index in [0.29, 0.717) is 6.42 Å². The summed E-state index contributed by atoms with van der Waals surface area (Å²) in [6.45, 7) is 1.35. The van der Waals surface area contributed by atoms with E-state index >= 15 is 0 Å². The number of nitriles is 3. The summed E-state index contributed by atoms with van der Waals surface area (Å²) in [6.07, 6.45) is 7.57. The number of hydrogen-bond donors (Lipinski definition) is 0. The maximum Gasteiger partial charge on any atom is 0.232 e. The van der Waals surface area contributed by atoms with Crippen LogP contribution in [0.4, 0.5) is 0 Å². The third-order valence-corrected chi connectivity index (χ3v) is 5.47. The van der Waals surface area contributed by atoms with Crippen molar-refractivity contribution >= 4 is 10.0 Å². The molecule has 0 saturated carbocycles. The fourth-order valence-corrected chi connectivity index (χ4v) is 3.57. The van der Waals surface area contributed by atoms with Crippen molar-refractivity contribution in [2.45, 2.75) is 63.5 Å². The zero-order valence-corrected chi connectivity index (χ0v) is 14.0. The molecule has 0 aromatic rings. The van der Waals surface area contributed by atoms with E-state index in [2.05, 4.69) is 6.92 Å². The van der Waals surface area contributed by atoms with Crippen LogP contribution in [0.15, 0.2) is 0 Å². The van der Waals surface area contributed by atoms with Crippen LogP contribution in [0.3, 0.4) is 0 Å². The quantitative estimate of drug-likeness (QED) is 0.405. The molecule has 22 heavy (non-hydrogen) atoms. The van der Waals surface area contributed by atoms with Gasteiger partial charge in [0.05, 0.1) is 18.2 Å². The van der Waals surface area contributed by atoms with Gasteiger partial charge in [0, 0.05) is 0 Å². The van der Waals surface area contributed by atoms with Crippen LogP contribution in [0.5, 0.6) is 0 Å². The minimum atomic E-state index is -3.91. The minimum Gasteiger partial charge on any atom is -0.211 e. The van der Waals surface area contributed by atoms with Crippen molar-refractivity contribution in [3.05, 3.63) is 0 Å². The monoisotopic (exact) mass is 324 g/mol. The summed E-state index contributed by atoms with van der Waals surface area (Å²) in [5.74, 6) is 0. The molecule has 0 N–H and O–H groups in total. The second-order valence-electron chi connectivity index (χ2n) is 5.16. The van der Waals surface area contributed by atoms with E-state index in [1.165, 1.54) is 19.3 Å². The number of unbranched alkanes of at least 4 members (excludes halogenated alkanes) is 6. The predicted octanol–water partition coefficient (Wildman–Crippen LogP) is 2.70. The molecule has 0 aliphatic heterocycles. The van der Waals surface area contributed by atoms with Gasteiger partial charge in [-0.05, 0) is 6.42 Å². The smallest absolute Gasteiger partial charge is 0.211 e. The summed E-state index contributed by atoms with van der Waals surface area (Å²) in [5, 5.41) is 25.2. The third kappa shape index (κ3) is 7.41. The van der Waals surface area contributed by atoms with Crippen LogP contribution in [0, 0.1) is 34.0 Å². The summed E-state index contributed by atoms with van der Waals surface area (Å²) in [6, 6.07) is 5.24. The van der Waals surface area contributed by atoms with Crippen LogP contribution in [0.2, 0.25) is 0 Å². The summed E-state index contributed by atoms with van der Waals surface area (Å²) in [7, 11) is -3.91. The van der Waals surface area contributed by atoms with Crippen molar-refractivity contribution in [2.24, 2.45) is 0 Å². The van der Waals surface area contributed by atoms with Crippen molar-refractivity contribution in [1.29, 1.82) is 15.8 Å². The predicted molar refractivity (Wildman–Crippen MR) is 83.7 cm³/mol. The van der Waals surface area contributed by atoms with Gasteiger partial charge in [-0.2, -0.15) is 20.1 Å². The Balaban J connectivity index is 4.41. The standard InChI is InChI=1S/C15H24N4O2S/c1-2-3-4-5-6-7-8-9-15(14-18)22(20,21)19(12-10-16)13-11-17/h15H,2-9,12-13H2,1H3. The lowest BCUT2D eigenvalue weighted by molar-refractivity contribution is 0.468. The van der Waals surface area contributed by atoms with E-state index < -0.39 is 28.4 Å². The molecule has 7 heteroatoms. The van der Waals surface area contributed by atoms with Crippen LogP contribution in [-0.4, -0.2) is 31.1 Å². The Labute approximate surface area is 134 Å². The Morgan fingerprint density at radius 2 is 1.41 bits per heavy atom. The van der Waals surface area contributed by atoms with Crippen molar-refractivity contribution in [1.82, 2.24) is 4.31 Å². The second-order valence-corrected chi connectivity index (χ2v) is 7.27. The van der Waals surface area contributed by atoms with Gasteiger partial charge in [-0.15, -0.1) is 0 Å². The molecule has 122 valence electrons. The largest absolute Gasteiger partial charge is 0.232 e. The van der Waals surface area contributed by atoms with Gasteiger partial charge in [-0.3, -0.25) is 0 Å². The fourth-order valence-electron chi connectivity index (χ4n) is 2.14. The van der Waals surface area contributed by atoms with Crippen molar-refractivity contribution in [3.63, 3.8) is 0 Å². The first-order valence-corrected chi connectivity index (χ1v) is 9.17. The first-order chi connectivity index (χ1) is 10.5. The van der Waals surface area contributed by atoms with Gasteiger partial charge in [-0.25, -0.2) is 8.42 Å². The van der Waals surface area contributed by atoms with Crippen LogP contribution in [0.1, 0.15) is 58.3 Å². The summed E-state index contributed by atoms with van der Waals surface area (Å²) >= 11 is 0. The number of rotatable bonds is 12. The molecule has 0 aromatic heterocycles. The van der Waals surface area contributed by atoms with E-state index in [0.717, 1.165) is 23.6 Å². The highest BCUT2D eigenvalue weighted by atomic mass is 32.2. The molecule has 0 aliphatic carbocycles. The average Bonchev–Trinajstić information content (AvgIpc) is 2.49. The molecule has 1 unspecified atom stereocenters. The van der Waals surface area contributed by atoms with E-state index in [-0.39, 0.29) is 6.42 Å². The zero-order valence-electron chi connectivity index (χ0n) is 13.2. The number of nitrogens with zero attached hydrogens (tertiary/aromatic N) is 4. The van der Waals surface area contributed by atoms with Crippen LogP contribution < -0.4 is 0 Å². The van der Waals surface area contributed by atoms with E-state index in [1.54, 1.807) is 18.2 Å². The van der Waals surface area contributed by atoms with E-state index in [1.807, 2.05) is 0 Å². The molecule has 0 rings (SSSR count). The number of sulfonamides is 1. The highest BCUT2D eigenvalue weighted by Gasteiger charge is 2.31. The highest BCUT2D eigenvalue weighted by Crippen LogP contribution is 2.16. The molecule has 0 saturated heterocycles. The molecule has 6 nitrogen and oxygen atoms in total. The van der Waals surface area contributed by atoms with Crippen LogP contribution in [-0.2, 0) is 10.0 Å². The molecule has 0 spiro atoms. The second kappa shape index (κ2) is 12.0. The van der Waals surface area contributed by atoms with Gasteiger partial charge in [0.2, 0.25) is 10.0 Å². The Hall–Kier alpha value is -1.62. The third-order valence-electron chi connectivity index (χ3n) is 3.43. The average molecular weight is 324 g/mol. The lowest BCUT2D eigenvalue weighted by atomic mass is 10.1. The molecule has 0 radical (unpaired) electrons. The molecular weight excluding hydrogens is 300 g/mol. The number of hydrogen-bond acceptors (Lipinski definition) is 5. The summed E-state index contributed by atoms with van der Waals surface area (Å²) in [4.78, 5) is 0. The lowest BCUT2D eigenvalue weighted by Crippen LogP contribution is -2.38. The van der Waals surface area contributed by atoms with Gasteiger partial charge in [0.25, 0.3) is 0 Å². The van der Waals surface area contributed by atoms with Gasteiger partial charge in [-0.1, -0.05) is 51.9 Å². The van der Waals surface area contributed by atoms with Crippen molar-refractivity contribution in [3.8, 4) is 18.2 Å². The Bertz CT molecular complexity index is 509. The van der Waals surface area contributed by atoms with Crippen molar-refractivity contribution in [2.75, 3.05) is 13.1 Å². The molecular formula is C15H24N4O2S. The molecule has 0 aliphatic rings. The lowest BCUT2D eigenvalue weighted by Gasteiger charge is -2.19. The topological polar surface area (TPSA) is 109 Å². The molecule has 0 aromatic carbocycles. The Morgan fingerprint density at radius 3 is 1.86 bits per heavy atom. The van der Waals surface area contributed by atoms with E-state index in [4.69, 9.17) is 15.8 Å². The Kier molecular flexibility index (Phi) is 11.1. The molecule has 0 fully saturated rings. The SMILES string of the molecule is CCCCCCCCCC(C#N)S(=O)(=O)N(CC#N)CC#N. The zero-order chi connectivity index (χ0) is 16.8. The van der Waals surface area contributed by atoms with Gasteiger partial charge >= 0.3 is 0 Å². The van der Waals surface area contributed by atoms with Gasteiger partial charge in [0.1, 0.15) is 13.1 Å². The molecule has 0 amide bonds. The van der Waals surface area contributed by atoms with E-state index in [9.17, 15) is 8.42 Å². The maximum absolute atomic E-state index is 12.2. The van der Waals surface area contributed by atoms with Gasteiger partial charge < -0.3 is 0 Å². The normalized spacial score (nSPS) is 12.3. The Morgan fingerprint density at radius 1 is 0.909 bits per heavy atom. The molecule has 0 heterocycles. The highest BCUT2D eigenvalue weighted by molar-refractivity contribution is 7.90. The summed E-state index contributed by atoms with van der Waals surface area (Å²) in [5.41, 5.74) is 0. The molecule has 0 bridgehead atoms. The fraction of sp³-hybridized carbons (Fsp3) is 0.800. The first-order valence-electron chi connectivity index (χ1n) is 7.67. The maximum atomic E-state index is 12.2. The summed E-state index contributed by atoms with van der Waals surface area (Å²) < 4.78 is 25.3. The van der Waals surface area contributed by atoms with Crippen LogP contribution in [0.25, 0.3) is 0 Å². The van der Waals surface area contributed by atoms with Crippen LogP contribution >= 0.6 is 0 Å².